The molecule has 0 heterocycles. The molecule has 0 radical (unpaired) electrons. The van der Waals surface area contributed by atoms with Crippen molar-refractivity contribution in [2.75, 3.05) is 18.5 Å². The maximum Gasteiger partial charge on any atom is 0.387 e. The third kappa shape index (κ3) is 6.65. The highest BCUT2D eigenvalue weighted by Gasteiger charge is 2.17. The quantitative estimate of drug-likeness (QED) is 0.554. The first-order chi connectivity index (χ1) is 14.1. The molecule has 2 aromatic carbocycles. The van der Waals surface area contributed by atoms with Crippen molar-refractivity contribution in [2.45, 2.75) is 18.4 Å². The van der Waals surface area contributed by atoms with Crippen LogP contribution in [0.15, 0.2) is 47.4 Å². The number of sulfonamides is 1. The lowest BCUT2D eigenvalue weighted by atomic mass is 10.2. The second-order valence-electron chi connectivity index (χ2n) is 5.68. The largest absolute Gasteiger partial charge is 0.452 e. The summed E-state index contributed by atoms with van der Waals surface area (Å²) in [6.07, 6.45) is 0. The number of carbonyl (C=O) groups is 2. The Hall–Kier alpha value is -2.76. The van der Waals surface area contributed by atoms with Gasteiger partial charge in [0.15, 0.2) is 6.61 Å². The molecule has 0 aliphatic heterocycles. The van der Waals surface area contributed by atoms with Crippen molar-refractivity contribution in [1.82, 2.24) is 4.72 Å². The van der Waals surface area contributed by atoms with Crippen molar-refractivity contribution >= 4 is 39.2 Å². The molecule has 2 aromatic rings. The van der Waals surface area contributed by atoms with Crippen LogP contribution in [0.3, 0.4) is 0 Å². The summed E-state index contributed by atoms with van der Waals surface area (Å²) >= 11 is 5.79. The van der Waals surface area contributed by atoms with E-state index in [9.17, 15) is 26.8 Å². The third-order valence-corrected chi connectivity index (χ3v) is 5.32. The Kier molecular flexibility index (Phi) is 8.09. The number of nitrogens with one attached hydrogen (secondary N) is 2. The molecule has 2 N–H and O–H groups in total. The van der Waals surface area contributed by atoms with E-state index in [4.69, 9.17) is 16.3 Å². The third-order valence-electron chi connectivity index (χ3n) is 3.48. The summed E-state index contributed by atoms with van der Waals surface area (Å²) in [5.74, 6) is -1.89. The van der Waals surface area contributed by atoms with Crippen LogP contribution >= 0.6 is 11.6 Å². The first-order valence-corrected chi connectivity index (χ1v) is 10.3. The zero-order valence-corrected chi connectivity index (χ0v) is 17.1. The average molecular weight is 463 g/mol. The second-order valence-corrected chi connectivity index (χ2v) is 7.85. The normalized spacial score (nSPS) is 11.2. The number of ether oxygens (including phenoxy) is 2. The molecule has 8 nitrogen and oxygen atoms in total. The van der Waals surface area contributed by atoms with Gasteiger partial charge in [-0.25, -0.2) is 17.9 Å². The Morgan fingerprint density at radius 1 is 1.17 bits per heavy atom. The number of esters is 1. The zero-order chi connectivity index (χ0) is 22.3. The molecule has 162 valence electrons. The van der Waals surface area contributed by atoms with Gasteiger partial charge in [-0.1, -0.05) is 24.6 Å². The van der Waals surface area contributed by atoms with Gasteiger partial charge >= 0.3 is 12.6 Å². The summed E-state index contributed by atoms with van der Waals surface area (Å²) in [5.41, 5.74) is 0.111. The summed E-state index contributed by atoms with van der Waals surface area (Å²) in [6, 6.07) is 8.75. The van der Waals surface area contributed by atoms with Crippen molar-refractivity contribution in [3.63, 3.8) is 0 Å². The lowest BCUT2D eigenvalue weighted by molar-refractivity contribution is -0.119. The number of alkyl halides is 2. The van der Waals surface area contributed by atoms with E-state index < -0.39 is 35.1 Å². The van der Waals surface area contributed by atoms with Gasteiger partial charge < -0.3 is 14.8 Å². The maximum absolute atomic E-state index is 12.2. The van der Waals surface area contributed by atoms with Crippen molar-refractivity contribution in [3.05, 3.63) is 53.1 Å². The highest BCUT2D eigenvalue weighted by atomic mass is 35.5. The molecule has 30 heavy (non-hydrogen) atoms. The van der Waals surface area contributed by atoms with Gasteiger partial charge in [0.1, 0.15) is 5.75 Å². The smallest absolute Gasteiger partial charge is 0.387 e. The minimum Gasteiger partial charge on any atom is -0.452 e. The van der Waals surface area contributed by atoms with Crippen LogP contribution in [0, 0.1) is 0 Å². The van der Waals surface area contributed by atoms with E-state index in [0.717, 1.165) is 12.1 Å². The van der Waals surface area contributed by atoms with Crippen LogP contribution in [-0.2, 0) is 19.6 Å². The van der Waals surface area contributed by atoms with Gasteiger partial charge in [0, 0.05) is 12.2 Å². The molecule has 0 spiro atoms. The predicted octanol–water partition coefficient (Wildman–Crippen LogP) is 3.04. The van der Waals surface area contributed by atoms with E-state index in [0.29, 0.717) is 0 Å². The number of hydrogen-bond donors (Lipinski definition) is 2. The number of hydrogen-bond acceptors (Lipinski definition) is 6. The monoisotopic (exact) mass is 462 g/mol. The van der Waals surface area contributed by atoms with Crippen LogP contribution in [-0.4, -0.2) is 40.1 Å². The Bertz CT molecular complexity index is 1030. The van der Waals surface area contributed by atoms with E-state index in [1.54, 1.807) is 6.92 Å². The SMILES string of the molecule is CCNS(=O)(=O)c1cccc(C(=O)OCC(=O)Nc2ccc(OC(F)F)c(Cl)c2)c1. The van der Waals surface area contributed by atoms with E-state index in [1.165, 1.54) is 30.3 Å². The lowest BCUT2D eigenvalue weighted by Crippen LogP contribution is -2.24. The number of benzene rings is 2. The van der Waals surface area contributed by atoms with Gasteiger partial charge in [0.05, 0.1) is 15.5 Å². The average Bonchev–Trinajstić information content (AvgIpc) is 2.68. The highest BCUT2D eigenvalue weighted by molar-refractivity contribution is 7.89. The molecular formula is C18H17ClF2N2O6S. The molecule has 0 saturated carbocycles. The molecule has 0 saturated heterocycles. The molecule has 0 aliphatic carbocycles. The Labute approximate surface area is 176 Å². The molecule has 0 fully saturated rings. The number of anilines is 1. The van der Waals surface area contributed by atoms with Crippen molar-refractivity contribution < 1.29 is 36.3 Å². The van der Waals surface area contributed by atoms with Gasteiger partial charge in [0.2, 0.25) is 10.0 Å². The van der Waals surface area contributed by atoms with Gasteiger partial charge in [-0.15, -0.1) is 0 Å². The molecular weight excluding hydrogens is 446 g/mol. The fourth-order valence-corrected chi connectivity index (χ4v) is 3.56. The molecule has 1 amide bonds. The lowest BCUT2D eigenvalue weighted by Gasteiger charge is -2.10. The van der Waals surface area contributed by atoms with Crippen LogP contribution in [0.5, 0.6) is 5.75 Å². The standard InChI is InChI=1S/C18H17ClF2N2O6S/c1-2-22-30(26,27)13-5-3-4-11(8-13)17(25)28-10-16(24)23-12-6-7-15(14(19)9-12)29-18(20)21/h3-9,18,22H,2,10H2,1H3,(H,23,24). The molecule has 2 rings (SSSR count). The van der Waals surface area contributed by atoms with Gasteiger partial charge in [0.25, 0.3) is 5.91 Å². The van der Waals surface area contributed by atoms with Crippen molar-refractivity contribution in [2.24, 2.45) is 0 Å². The van der Waals surface area contributed by atoms with E-state index >= 15 is 0 Å². The highest BCUT2D eigenvalue weighted by Crippen LogP contribution is 2.28. The number of amides is 1. The Balaban J connectivity index is 1.97. The van der Waals surface area contributed by atoms with Crippen molar-refractivity contribution in [3.8, 4) is 5.75 Å². The van der Waals surface area contributed by atoms with Crippen LogP contribution in [0.2, 0.25) is 5.02 Å². The van der Waals surface area contributed by atoms with E-state index in [1.807, 2.05) is 0 Å². The molecule has 0 atom stereocenters. The second kappa shape index (κ2) is 10.3. The molecule has 0 aliphatic rings. The van der Waals surface area contributed by atoms with E-state index in [-0.39, 0.29) is 33.5 Å². The first-order valence-electron chi connectivity index (χ1n) is 8.43. The van der Waals surface area contributed by atoms with Gasteiger partial charge in [-0.2, -0.15) is 8.78 Å². The molecule has 0 unspecified atom stereocenters. The maximum atomic E-state index is 12.2. The minimum absolute atomic E-state index is 0.0571. The first kappa shape index (κ1) is 23.5. The predicted molar refractivity (Wildman–Crippen MR) is 104 cm³/mol. The van der Waals surface area contributed by atoms with Crippen LogP contribution in [0.4, 0.5) is 14.5 Å². The van der Waals surface area contributed by atoms with Gasteiger partial charge in [-0.05, 0) is 36.4 Å². The topological polar surface area (TPSA) is 111 Å². The molecule has 12 heteroatoms. The minimum atomic E-state index is -3.76. The van der Waals surface area contributed by atoms with Crippen molar-refractivity contribution in [1.29, 1.82) is 0 Å². The van der Waals surface area contributed by atoms with E-state index in [2.05, 4.69) is 14.8 Å². The summed E-state index contributed by atoms with van der Waals surface area (Å²) in [4.78, 5) is 23.9. The number of carbonyl (C=O) groups excluding carboxylic acids is 2. The molecule has 0 bridgehead atoms. The van der Waals surface area contributed by atoms with Gasteiger partial charge in [-0.3, -0.25) is 4.79 Å². The fourth-order valence-electron chi connectivity index (χ4n) is 2.25. The number of halogens is 3. The van der Waals surface area contributed by atoms with Crippen LogP contribution in [0.1, 0.15) is 17.3 Å². The number of rotatable bonds is 9. The van der Waals surface area contributed by atoms with Crippen LogP contribution in [0.25, 0.3) is 0 Å². The Morgan fingerprint density at radius 2 is 1.90 bits per heavy atom. The summed E-state index contributed by atoms with van der Waals surface area (Å²) < 4.78 is 59.8. The fraction of sp³-hybridized carbons (Fsp3) is 0.222. The van der Waals surface area contributed by atoms with Crippen LogP contribution < -0.4 is 14.8 Å². The summed E-state index contributed by atoms with van der Waals surface area (Å²) in [5, 5.41) is 2.22. The zero-order valence-electron chi connectivity index (χ0n) is 15.5. The summed E-state index contributed by atoms with van der Waals surface area (Å²) in [6.45, 7) is -1.93. The Morgan fingerprint density at radius 3 is 2.53 bits per heavy atom. The molecule has 0 aromatic heterocycles. The summed E-state index contributed by atoms with van der Waals surface area (Å²) in [7, 11) is -3.76.